The number of carbonyl (C=O) groups excluding carboxylic acids is 1. The molecule has 1 amide bonds. The Balaban J connectivity index is 1.47. The molecule has 3 rings (SSSR count). The highest BCUT2D eigenvalue weighted by Crippen LogP contribution is 2.22. The van der Waals surface area contributed by atoms with Gasteiger partial charge in [0.2, 0.25) is 15.9 Å². The fourth-order valence-corrected chi connectivity index (χ4v) is 4.97. The molecule has 0 saturated carbocycles. The highest BCUT2D eigenvalue weighted by Gasteiger charge is 2.21. The smallest absolute Gasteiger partial charge is 0.244 e. The standard InChI is InChI=1S/C25H33N3O3S/c1-19-14-20(2)17-28(16-19)18-23-6-4-22(5-7-23)15-27-25(29)13-10-21-8-11-24(12-9-21)32(30,31)26-3/h4-13,19-20,26H,14-18H2,1-3H3,(H,27,29)/b13-10+. The number of benzene rings is 2. The van der Waals surface area contributed by atoms with Gasteiger partial charge in [0.15, 0.2) is 0 Å². The van der Waals surface area contributed by atoms with Crippen LogP contribution in [-0.2, 0) is 27.9 Å². The Morgan fingerprint density at radius 1 is 1.00 bits per heavy atom. The lowest BCUT2D eigenvalue weighted by Crippen LogP contribution is -2.38. The van der Waals surface area contributed by atoms with Gasteiger partial charge in [-0.25, -0.2) is 13.1 Å². The summed E-state index contributed by atoms with van der Waals surface area (Å²) in [6, 6.07) is 14.8. The molecule has 1 aliphatic heterocycles. The molecule has 1 fully saturated rings. The maximum Gasteiger partial charge on any atom is 0.244 e. The number of rotatable bonds is 8. The lowest BCUT2D eigenvalue weighted by Gasteiger charge is -2.35. The van der Waals surface area contributed by atoms with Crippen molar-refractivity contribution in [1.29, 1.82) is 0 Å². The summed E-state index contributed by atoms with van der Waals surface area (Å²) in [7, 11) is -2.09. The molecule has 0 radical (unpaired) electrons. The second-order valence-corrected chi connectivity index (χ2v) is 10.7. The minimum absolute atomic E-state index is 0.189. The number of nitrogens with one attached hydrogen (secondary N) is 2. The molecule has 32 heavy (non-hydrogen) atoms. The molecular formula is C25H33N3O3S. The van der Waals surface area contributed by atoms with Crippen LogP contribution in [0.1, 0.15) is 37.0 Å². The molecule has 1 saturated heterocycles. The molecule has 2 unspecified atom stereocenters. The fourth-order valence-electron chi connectivity index (χ4n) is 4.24. The summed E-state index contributed by atoms with van der Waals surface area (Å²) in [4.78, 5) is 14.9. The van der Waals surface area contributed by atoms with E-state index in [9.17, 15) is 13.2 Å². The molecule has 6 nitrogen and oxygen atoms in total. The molecule has 2 aromatic carbocycles. The highest BCUT2D eigenvalue weighted by molar-refractivity contribution is 7.89. The van der Waals surface area contributed by atoms with Gasteiger partial charge in [0.05, 0.1) is 4.90 Å². The Hall–Kier alpha value is -2.48. The van der Waals surface area contributed by atoms with Crippen molar-refractivity contribution in [1.82, 2.24) is 14.9 Å². The molecule has 2 aromatic rings. The molecule has 2 atom stereocenters. The van der Waals surface area contributed by atoms with Crippen LogP contribution in [0, 0.1) is 11.8 Å². The first-order valence-electron chi connectivity index (χ1n) is 11.0. The van der Waals surface area contributed by atoms with Gasteiger partial charge < -0.3 is 5.32 Å². The first-order chi connectivity index (χ1) is 15.2. The topological polar surface area (TPSA) is 78.5 Å². The zero-order valence-corrected chi connectivity index (χ0v) is 19.9. The lowest BCUT2D eigenvalue weighted by atomic mass is 9.91. The number of amides is 1. The van der Waals surface area contributed by atoms with Crippen molar-refractivity contribution in [3.05, 3.63) is 71.3 Å². The summed E-state index contributed by atoms with van der Waals surface area (Å²) in [6.07, 6.45) is 4.43. The van der Waals surface area contributed by atoms with Crippen molar-refractivity contribution < 1.29 is 13.2 Å². The van der Waals surface area contributed by atoms with Gasteiger partial charge in [-0.1, -0.05) is 50.2 Å². The Kier molecular flexibility index (Phi) is 8.23. The quantitative estimate of drug-likeness (QED) is 0.598. The van der Waals surface area contributed by atoms with Crippen molar-refractivity contribution in [3.63, 3.8) is 0 Å². The van der Waals surface area contributed by atoms with E-state index in [0.717, 1.165) is 42.6 Å². The monoisotopic (exact) mass is 455 g/mol. The van der Waals surface area contributed by atoms with Crippen molar-refractivity contribution >= 4 is 22.0 Å². The zero-order valence-electron chi connectivity index (χ0n) is 19.0. The van der Waals surface area contributed by atoms with Gasteiger partial charge in [0, 0.05) is 32.3 Å². The molecule has 0 spiro atoms. The van der Waals surface area contributed by atoms with Gasteiger partial charge in [-0.2, -0.15) is 0 Å². The minimum atomic E-state index is -3.46. The highest BCUT2D eigenvalue weighted by atomic mass is 32.2. The average molecular weight is 456 g/mol. The third-order valence-electron chi connectivity index (χ3n) is 5.73. The van der Waals surface area contributed by atoms with Gasteiger partial charge in [-0.15, -0.1) is 0 Å². The van der Waals surface area contributed by atoms with Crippen molar-refractivity contribution in [3.8, 4) is 0 Å². The van der Waals surface area contributed by atoms with Gasteiger partial charge in [0.1, 0.15) is 0 Å². The summed E-state index contributed by atoms with van der Waals surface area (Å²) in [5.74, 6) is 1.30. The minimum Gasteiger partial charge on any atom is -0.348 e. The van der Waals surface area contributed by atoms with Crippen molar-refractivity contribution in [2.75, 3.05) is 20.1 Å². The van der Waals surface area contributed by atoms with E-state index in [1.54, 1.807) is 18.2 Å². The number of hydrogen-bond donors (Lipinski definition) is 2. The van der Waals surface area contributed by atoms with Crippen LogP contribution in [0.2, 0.25) is 0 Å². The van der Waals surface area contributed by atoms with Crippen LogP contribution in [0.25, 0.3) is 6.08 Å². The fraction of sp³-hybridized carbons (Fsp3) is 0.400. The molecule has 0 bridgehead atoms. The van der Waals surface area contributed by atoms with Crippen LogP contribution in [0.5, 0.6) is 0 Å². The molecule has 1 heterocycles. The number of sulfonamides is 1. The van der Waals surface area contributed by atoms with Crippen LogP contribution in [0.4, 0.5) is 0 Å². The lowest BCUT2D eigenvalue weighted by molar-refractivity contribution is -0.116. The number of piperidine rings is 1. The molecule has 172 valence electrons. The number of likely N-dealkylation sites (tertiary alicyclic amines) is 1. The van der Waals surface area contributed by atoms with Crippen LogP contribution >= 0.6 is 0 Å². The first kappa shape index (κ1) is 24.2. The van der Waals surface area contributed by atoms with Gasteiger partial charge in [-0.05, 0) is 60.2 Å². The largest absolute Gasteiger partial charge is 0.348 e. The Labute approximate surface area is 191 Å². The van der Waals surface area contributed by atoms with E-state index in [-0.39, 0.29) is 10.8 Å². The molecule has 7 heteroatoms. The predicted octanol–water partition coefficient (Wildman–Crippen LogP) is 3.40. The summed E-state index contributed by atoms with van der Waals surface area (Å²) in [6.45, 7) is 8.39. The molecule has 2 N–H and O–H groups in total. The van der Waals surface area contributed by atoms with Crippen molar-refractivity contribution in [2.24, 2.45) is 11.8 Å². The van der Waals surface area contributed by atoms with Crippen LogP contribution in [0.15, 0.2) is 59.5 Å². The van der Waals surface area contributed by atoms with Crippen LogP contribution in [0.3, 0.4) is 0 Å². The Morgan fingerprint density at radius 3 is 2.19 bits per heavy atom. The summed E-state index contributed by atoms with van der Waals surface area (Å²) >= 11 is 0. The molecule has 0 aromatic heterocycles. The molecular weight excluding hydrogens is 422 g/mol. The number of hydrogen-bond acceptors (Lipinski definition) is 4. The average Bonchev–Trinajstić information content (AvgIpc) is 2.77. The molecule has 1 aliphatic rings. The first-order valence-corrected chi connectivity index (χ1v) is 12.5. The Morgan fingerprint density at radius 2 is 1.59 bits per heavy atom. The van der Waals surface area contributed by atoms with Gasteiger partial charge in [-0.3, -0.25) is 9.69 Å². The van der Waals surface area contributed by atoms with Gasteiger partial charge in [0.25, 0.3) is 0 Å². The van der Waals surface area contributed by atoms with Crippen LogP contribution in [-0.4, -0.2) is 39.4 Å². The van der Waals surface area contributed by atoms with E-state index >= 15 is 0 Å². The van der Waals surface area contributed by atoms with E-state index in [0.29, 0.717) is 6.54 Å². The predicted molar refractivity (Wildman–Crippen MR) is 128 cm³/mol. The maximum atomic E-state index is 12.1. The Bertz CT molecular complexity index is 1020. The summed E-state index contributed by atoms with van der Waals surface area (Å²) in [5.41, 5.74) is 3.10. The normalized spacial score (nSPS) is 19.8. The third kappa shape index (κ3) is 7.02. The van der Waals surface area contributed by atoms with Gasteiger partial charge >= 0.3 is 0 Å². The summed E-state index contributed by atoms with van der Waals surface area (Å²) < 4.78 is 25.8. The molecule has 0 aliphatic carbocycles. The van der Waals surface area contributed by atoms with Crippen molar-refractivity contribution in [2.45, 2.75) is 38.3 Å². The van der Waals surface area contributed by atoms with E-state index in [1.807, 2.05) is 0 Å². The summed E-state index contributed by atoms with van der Waals surface area (Å²) in [5, 5.41) is 2.88. The van der Waals surface area contributed by atoms with Crippen LogP contribution < -0.4 is 10.0 Å². The SMILES string of the molecule is CNS(=O)(=O)c1ccc(/C=C/C(=O)NCc2ccc(CN3CC(C)CC(C)C3)cc2)cc1. The second kappa shape index (κ2) is 10.9. The maximum absolute atomic E-state index is 12.1. The zero-order chi connectivity index (χ0) is 23.1. The number of carbonyl (C=O) groups is 1. The number of nitrogens with zero attached hydrogens (tertiary/aromatic N) is 1. The van der Waals surface area contributed by atoms with E-state index in [4.69, 9.17) is 0 Å². The van der Waals surface area contributed by atoms with E-state index in [1.165, 1.54) is 37.2 Å². The van der Waals surface area contributed by atoms with E-state index in [2.05, 4.69) is 53.1 Å². The van der Waals surface area contributed by atoms with E-state index < -0.39 is 10.0 Å². The second-order valence-electron chi connectivity index (χ2n) is 8.78. The third-order valence-corrected chi connectivity index (χ3v) is 7.16.